The van der Waals surface area contributed by atoms with Crippen molar-refractivity contribution in [2.45, 2.75) is 0 Å². The van der Waals surface area contributed by atoms with Crippen molar-refractivity contribution < 1.29 is 4.92 Å². The lowest BCUT2D eigenvalue weighted by molar-refractivity contribution is -0.383. The van der Waals surface area contributed by atoms with Gasteiger partial charge < -0.3 is 5.32 Å². The van der Waals surface area contributed by atoms with Crippen molar-refractivity contribution in [3.8, 4) is 0 Å². The predicted octanol–water partition coefficient (Wildman–Crippen LogP) is 2.74. The first-order valence-electron chi connectivity index (χ1n) is 5.11. The Kier molecular flexibility index (Phi) is 3.00. The molecule has 0 saturated carbocycles. The Balaban J connectivity index is 2.61. The van der Waals surface area contributed by atoms with Crippen molar-refractivity contribution in [2.24, 2.45) is 0 Å². The molecule has 1 N–H and O–H groups in total. The molecule has 2 aromatic rings. The highest BCUT2D eigenvalue weighted by Crippen LogP contribution is 2.29. The lowest BCUT2D eigenvalue weighted by atomic mass is 10.1. The predicted molar refractivity (Wildman–Crippen MR) is 67.1 cm³/mol. The summed E-state index contributed by atoms with van der Waals surface area (Å²) >= 11 is 0. The molecule has 0 aliphatic carbocycles. The maximum absolute atomic E-state index is 10.9. The number of nitrogens with zero attached hydrogens (tertiary/aromatic N) is 2. The number of rotatable bonds is 4. The van der Waals surface area contributed by atoms with E-state index in [0.717, 1.165) is 5.69 Å². The summed E-state index contributed by atoms with van der Waals surface area (Å²) in [5.74, 6) is 0. The van der Waals surface area contributed by atoms with E-state index in [1.165, 1.54) is 6.07 Å². The highest BCUT2D eigenvalue weighted by atomic mass is 16.6. The summed E-state index contributed by atoms with van der Waals surface area (Å²) in [4.78, 5) is 14.7. The van der Waals surface area contributed by atoms with Crippen LogP contribution in [0.3, 0.4) is 0 Å². The summed E-state index contributed by atoms with van der Waals surface area (Å²) in [6.07, 6.45) is 3.33. The molecule has 0 aliphatic rings. The average Bonchev–Trinajstić information content (AvgIpc) is 2.35. The minimum Gasteiger partial charge on any atom is -0.380 e. The van der Waals surface area contributed by atoms with Crippen LogP contribution in [0.4, 0.5) is 11.4 Å². The molecule has 0 spiro atoms. The topological polar surface area (TPSA) is 68.1 Å². The van der Waals surface area contributed by atoms with Gasteiger partial charge in [-0.2, -0.15) is 0 Å². The Bertz CT molecular complexity index is 581. The Labute approximate surface area is 97.9 Å². The second kappa shape index (κ2) is 4.61. The van der Waals surface area contributed by atoms with Gasteiger partial charge in [-0.15, -0.1) is 6.58 Å². The summed E-state index contributed by atoms with van der Waals surface area (Å²) in [6.45, 7) is 4.20. The van der Waals surface area contributed by atoms with Gasteiger partial charge in [0, 0.05) is 18.8 Å². The number of pyridine rings is 1. The molecular weight excluding hydrogens is 218 g/mol. The molecule has 5 heteroatoms. The average molecular weight is 229 g/mol. The minimum absolute atomic E-state index is 0.0669. The zero-order valence-electron chi connectivity index (χ0n) is 9.09. The number of non-ortho nitro benzene ring substituents is 1. The van der Waals surface area contributed by atoms with Crippen LogP contribution in [0, 0.1) is 10.1 Å². The van der Waals surface area contributed by atoms with Gasteiger partial charge in [-0.05, 0) is 18.2 Å². The first kappa shape index (κ1) is 11.1. The Morgan fingerprint density at radius 2 is 2.29 bits per heavy atom. The number of aromatic nitrogens is 1. The molecule has 1 aromatic heterocycles. The molecular formula is C12H11N3O2. The van der Waals surface area contributed by atoms with Crippen molar-refractivity contribution in [3.05, 3.63) is 53.2 Å². The van der Waals surface area contributed by atoms with E-state index in [2.05, 4.69) is 16.9 Å². The first-order valence-corrected chi connectivity index (χ1v) is 5.11. The Hall–Kier alpha value is -2.43. The quantitative estimate of drug-likeness (QED) is 0.497. The second-order valence-corrected chi connectivity index (χ2v) is 3.46. The van der Waals surface area contributed by atoms with E-state index in [1.54, 1.807) is 30.5 Å². The number of nitro benzene ring substituents is 1. The number of anilines is 1. The van der Waals surface area contributed by atoms with Gasteiger partial charge in [-0.3, -0.25) is 15.1 Å². The minimum atomic E-state index is -0.401. The van der Waals surface area contributed by atoms with Crippen molar-refractivity contribution >= 4 is 22.3 Å². The van der Waals surface area contributed by atoms with E-state index in [0.29, 0.717) is 17.4 Å². The molecule has 86 valence electrons. The van der Waals surface area contributed by atoms with Gasteiger partial charge in [0.15, 0.2) is 0 Å². The maximum Gasteiger partial charge on any atom is 0.278 e. The summed E-state index contributed by atoms with van der Waals surface area (Å²) in [5, 5.41) is 14.5. The van der Waals surface area contributed by atoms with Gasteiger partial charge in [0.2, 0.25) is 0 Å². The number of nitro groups is 1. The Morgan fingerprint density at radius 1 is 1.47 bits per heavy atom. The molecule has 1 heterocycles. The molecule has 0 fully saturated rings. The van der Waals surface area contributed by atoms with Gasteiger partial charge >= 0.3 is 0 Å². The third kappa shape index (κ3) is 2.08. The highest BCUT2D eigenvalue weighted by Gasteiger charge is 2.14. The van der Waals surface area contributed by atoms with Crippen LogP contribution in [0.25, 0.3) is 10.9 Å². The van der Waals surface area contributed by atoms with Gasteiger partial charge in [0.25, 0.3) is 5.69 Å². The molecule has 0 aliphatic heterocycles. The smallest absolute Gasteiger partial charge is 0.278 e. The highest BCUT2D eigenvalue weighted by molar-refractivity contribution is 5.96. The van der Waals surface area contributed by atoms with Gasteiger partial charge in [0.1, 0.15) is 5.52 Å². The van der Waals surface area contributed by atoms with Crippen LogP contribution in [0.15, 0.2) is 43.1 Å². The van der Waals surface area contributed by atoms with E-state index >= 15 is 0 Å². The summed E-state index contributed by atoms with van der Waals surface area (Å²) in [7, 11) is 0. The number of hydrogen-bond acceptors (Lipinski definition) is 4. The lowest BCUT2D eigenvalue weighted by Gasteiger charge is -2.07. The summed E-state index contributed by atoms with van der Waals surface area (Å²) in [5.41, 5.74) is 1.44. The van der Waals surface area contributed by atoms with Crippen LogP contribution >= 0.6 is 0 Å². The largest absolute Gasteiger partial charge is 0.380 e. The van der Waals surface area contributed by atoms with E-state index < -0.39 is 4.92 Å². The fourth-order valence-electron chi connectivity index (χ4n) is 1.64. The maximum atomic E-state index is 10.9. The van der Waals surface area contributed by atoms with Gasteiger partial charge in [-0.25, -0.2) is 0 Å². The molecule has 0 bridgehead atoms. The van der Waals surface area contributed by atoms with Crippen LogP contribution in [0.2, 0.25) is 0 Å². The van der Waals surface area contributed by atoms with E-state index in [1.807, 2.05) is 0 Å². The van der Waals surface area contributed by atoms with Crippen LogP contribution < -0.4 is 5.32 Å². The number of fused-ring (bicyclic) bond motifs is 1. The van der Waals surface area contributed by atoms with Crippen LogP contribution in [-0.4, -0.2) is 16.5 Å². The number of nitrogens with one attached hydrogen (secondary N) is 1. The molecule has 0 saturated heterocycles. The number of benzene rings is 1. The van der Waals surface area contributed by atoms with Crippen LogP contribution in [-0.2, 0) is 0 Å². The van der Waals surface area contributed by atoms with E-state index in [9.17, 15) is 10.1 Å². The molecule has 2 rings (SSSR count). The third-order valence-electron chi connectivity index (χ3n) is 2.38. The normalized spacial score (nSPS) is 10.1. The Morgan fingerprint density at radius 3 is 3.00 bits per heavy atom. The lowest BCUT2D eigenvalue weighted by Crippen LogP contribution is -2.00. The fraction of sp³-hybridized carbons (Fsp3) is 0.0833. The van der Waals surface area contributed by atoms with Crippen molar-refractivity contribution in [3.63, 3.8) is 0 Å². The molecule has 0 atom stereocenters. The van der Waals surface area contributed by atoms with Gasteiger partial charge in [0.05, 0.1) is 16.0 Å². The monoisotopic (exact) mass is 229 g/mol. The summed E-state index contributed by atoms with van der Waals surface area (Å²) in [6, 6.07) is 6.53. The zero-order chi connectivity index (χ0) is 12.3. The van der Waals surface area contributed by atoms with E-state index in [4.69, 9.17) is 0 Å². The first-order chi connectivity index (χ1) is 8.24. The molecule has 17 heavy (non-hydrogen) atoms. The molecule has 5 nitrogen and oxygen atoms in total. The number of hydrogen-bond donors (Lipinski definition) is 1. The second-order valence-electron chi connectivity index (χ2n) is 3.46. The fourth-order valence-corrected chi connectivity index (χ4v) is 1.64. The molecule has 0 radical (unpaired) electrons. The van der Waals surface area contributed by atoms with Crippen LogP contribution in [0.5, 0.6) is 0 Å². The van der Waals surface area contributed by atoms with Crippen molar-refractivity contribution in [1.29, 1.82) is 0 Å². The third-order valence-corrected chi connectivity index (χ3v) is 2.38. The molecule has 1 aromatic carbocycles. The van der Waals surface area contributed by atoms with Crippen LogP contribution in [0.1, 0.15) is 0 Å². The van der Waals surface area contributed by atoms with Crippen molar-refractivity contribution in [1.82, 2.24) is 4.98 Å². The standard InChI is InChI=1S/C12H11N3O2/c1-2-7-13-10-5-6-11(15(16)17)9-4-3-8-14-12(9)10/h2-6,8,13H,1,7H2. The van der Waals surface area contributed by atoms with Crippen molar-refractivity contribution in [2.75, 3.05) is 11.9 Å². The SMILES string of the molecule is C=CCNc1ccc([N+](=O)[O-])c2cccnc12. The molecule has 0 amide bonds. The molecule has 0 unspecified atom stereocenters. The zero-order valence-corrected chi connectivity index (χ0v) is 9.09. The van der Waals surface area contributed by atoms with E-state index in [-0.39, 0.29) is 5.69 Å². The summed E-state index contributed by atoms with van der Waals surface area (Å²) < 4.78 is 0. The van der Waals surface area contributed by atoms with Gasteiger partial charge in [-0.1, -0.05) is 6.08 Å².